The predicted octanol–water partition coefficient (Wildman–Crippen LogP) is 4.09. The highest BCUT2D eigenvalue weighted by Crippen LogP contribution is 2.40. The van der Waals surface area contributed by atoms with Crippen molar-refractivity contribution in [2.24, 2.45) is 0 Å². The number of hydrogen-bond acceptors (Lipinski definition) is 2. The molecule has 0 spiro atoms. The van der Waals surface area contributed by atoms with Crippen LogP contribution in [0.15, 0.2) is 24.3 Å². The summed E-state index contributed by atoms with van der Waals surface area (Å²) in [5.41, 5.74) is 3.19. The third kappa shape index (κ3) is 3.32. The molecule has 1 saturated heterocycles. The molecular formula is C19H30N2. The molecule has 2 nitrogen and oxygen atoms in total. The van der Waals surface area contributed by atoms with E-state index >= 15 is 0 Å². The molecule has 1 heterocycles. The van der Waals surface area contributed by atoms with Crippen molar-refractivity contribution in [3.63, 3.8) is 0 Å². The quantitative estimate of drug-likeness (QED) is 0.877. The van der Waals surface area contributed by atoms with Crippen LogP contribution in [0.2, 0.25) is 0 Å². The Bertz CT molecular complexity index is 451. The van der Waals surface area contributed by atoms with Crippen molar-refractivity contribution >= 4 is 0 Å². The van der Waals surface area contributed by atoms with Crippen LogP contribution in [-0.2, 0) is 0 Å². The van der Waals surface area contributed by atoms with Gasteiger partial charge in [0.05, 0.1) is 0 Å². The summed E-state index contributed by atoms with van der Waals surface area (Å²) < 4.78 is 0. The molecule has 0 saturated carbocycles. The van der Waals surface area contributed by atoms with Gasteiger partial charge in [-0.05, 0) is 62.2 Å². The normalized spacial score (nSPS) is 28.8. The van der Waals surface area contributed by atoms with E-state index in [9.17, 15) is 0 Å². The highest BCUT2D eigenvalue weighted by atomic mass is 15.2. The predicted molar refractivity (Wildman–Crippen MR) is 89.7 cm³/mol. The van der Waals surface area contributed by atoms with E-state index in [4.69, 9.17) is 0 Å². The van der Waals surface area contributed by atoms with Crippen LogP contribution >= 0.6 is 0 Å². The van der Waals surface area contributed by atoms with Crippen LogP contribution in [-0.4, -0.2) is 30.6 Å². The fraction of sp³-hybridized carbons (Fsp3) is 0.684. The number of nitrogens with zero attached hydrogens (tertiary/aromatic N) is 1. The summed E-state index contributed by atoms with van der Waals surface area (Å²) in [6.45, 7) is 8.36. The van der Waals surface area contributed by atoms with Gasteiger partial charge in [-0.25, -0.2) is 0 Å². The van der Waals surface area contributed by atoms with Crippen LogP contribution < -0.4 is 5.32 Å². The minimum atomic E-state index is 0.639. The summed E-state index contributed by atoms with van der Waals surface area (Å²) in [7, 11) is 0. The third-order valence-corrected chi connectivity index (χ3v) is 5.33. The molecule has 116 valence electrons. The summed E-state index contributed by atoms with van der Waals surface area (Å²) in [4.78, 5) is 2.76. The van der Waals surface area contributed by atoms with Crippen LogP contribution in [0.4, 0.5) is 0 Å². The molecule has 3 unspecified atom stereocenters. The molecule has 1 aromatic rings. The van der Waals surface area contributed by atoms with E-state index in [0.29, 0.717) is 12.1 Å². The van der Waals surface area contributed by atoms with E-state index in [1.165, 1.54) is 51.7 Å². The van der Waals surface area contributed by atoms with Crippen molar-refractivity contribution in [2.75, 3.05) is 19.6 Å². The molecule has 0 bridgehead atoms. The van der Waals surface area contributed by atoms with Crippen LogP contribution in [0.1, 0.15) is 69.0 Å². The molecular weight excluding hydrogens is 256 g/mol. The minimum absolute atomic E-state index is 0.639. The summed E-state index contributed by atoms with van der Waals surface area (Å²) in [6, 6.07) is 10.5. The van der Waals surface area contributed by atoms with Gasteiger partial charge in [0.25, 0.3) is 0 Å². The van der Waals surface area contributed by atoms with Crippen molar-refractivity contribution in [1.82, 2.24) is 10.2 Å². The Kier molecular flexibility index (Phi) is 4.97. The SMILES string of the molecule is CCCN(CC1CCCN1)C1CCC(C)c2ccccc21. The zero-order chi connectivity index (χ0) is 14.7. The highest BCUT2D eigenvalue weighted by molar-refractivity contribution is 5.35. The van der Waals surface area contributed by atoms with Crippen LogP contribution in [0, 0.1) is 0 Å². The molecule has 0 radical (unpaired) electrons. The Labute approximate surface area is 129 Å². The Morgan fingerprint density at radius 2 is 1.95 bits per heavy atom. The van der Waals surface area contributed by atoms with E-state index in [-0.39, 0.29) is 0 Å². The van der Waals surface area contributed by atoms with Crippen molar-refractivity contribution in [3.05, 3.63) is 35.4 Å². The monoisotopic (exact) mass is 286 g/mol. The van der Waals surface area contributed by atoms with Gasteiger partial charge in [0.2, 0.25) is 0 Å². The van der Waals surface area contributed by atoms with Gasteiger partial charge in [0, 0.05) is 18.6 Å². The Morgan fingerprint density at radius 1 is 1.14 bits per heavy atom. The number of nitrogens with one attached hydrogen (secondary N) is 1. The second-order valence-corrected chi connectivity index (χ2v) is 6.91. The molecule has 1 N–H and O–H groups in total. The number of benzene rings is 1. The second-order valence-electron chi connectivity index (χ2n) is 6.91. The summed E-state index contributed by atoms with van der Waals surface area (Å²) in [5.74, 6) is 0.727. The zero-order valence-electron chi connectivity index (χ0n) is 13.6. The van der Waals surface area contributed by atoms with Gasteiger partial charge >= 0.3 is 0 Å². The smallest absolute Gasteiger partial charge is 0.0351 e. The first-order valence-corrected chi connectivity index (χ1v) is 8.86. The van der Waals surface area contributed by atoms with Crippen molar-refractivity contribution in [3.8, 4) is 0 Å². The van der Waals surface area contributed by atoms with E-state index in [0.717, 1.165) is 5.92 Å². The first-order valence-electron chi connectivity index (χ1n) is 8.86. The Balaban J connectivity index is 1.80. The largest absolute Gasteiger partial charge is 0.313 e. The lowest BCUT2D eigenvalue weighted by molar-refractivity contribution is 0.160. The number of rotatable bonds is 5. The molecule has 1 aliphatic heterocycles. The first kappa shape index (κ1) is 15.1. The number of fused-ring (bicyclic) bond motifs is 1. The lowest BCUT2D eigenvalue weighted by atomic mass is 9.80. The summed E-state index contributed by atoms with van der Waals surface area (Å²) in [5, 5.41) is 3.68. The van der Waals surface area contributed by atoms with Crippen LogP contribution in [0.5, 0.6) is 0 Å². The van der Waals surface area contributed by atoms with E-state index in [1.807, 2.05) is 0 Å². The molecule has 2 heteroatoms. The van der Waals surface area contributed by atoms with Gasteiger partial charge in [0.1, 0.15) is 0 Å². The van der Waals surface area contributed by atoms with Gasteiger partial charge < -0.3 is 5.32 Å². The second kappa shape index (κ2) is 6.93. The fourth-order valence-corrected chi connectivity index (χ4v) is 4.22. The fourth-order valence-electron chi connectivity index (χ4n) is 4.22. The standard InChI is InChI=1S/C19H30N2/c1-3-13-21(14-16-7-6-12-20-16)19-11-10-15(2)17-8-4-5-9-18(17)19/h4-5,8-9,15-16,19-20H,3,6-7,10-14H2,1-2H3. The lowest BCUT2D eigenvalue weighted by Crippen LogP contribution is -2.41. The zero-order valence-corrected chi connectivity index (χ0v) is 13.6. The Morgan fingerprint density at radius 3 is 2.67 bits per heavy atom. The molecule has 0 aromatic heterocycles. The molecule has 3 atom stereocenters. The average molecular weight is 286 g/mol. The van der Waals surface area contributed by atoms with Crippen molar-refractivity contribution < 1.29 is 0 Å². The average Bonchev–Trinajstić information content (AvgIpc) is 3.01. The van der Waals surface area contributed by atoms with E-state index < -0.39 is 0 Å². The molecule has 1 fully saturated rings. The minimum Gasteiger partial charge on any atom is -0.313 e. The van der Waals surface area contributed by atoms with Crippen LogP contribution in [0.3, 0.4) is 0 Å². The molecule has 2 aliphatic rings. The van der Waals surface area contributed by atoms with Gasteiger partial charge in [-0.3, -0.25) is 4.90 Å². The number of hydrogen-bond donors (Lipinski definition) is 1. The lowest BCUT2D eigenvalue weighted by Gasteiger charge is -2.39. The van der Waals surface area contributed by atoms with Crippen molar-refractivity contribution in [1.29, 1.82) is 0 Å². The highest BCUT2D eigenvalue weighted by Gasteiger charge is 2.30. The maximum atomic E-state index is 3.68. The molecule has 0 amide bonds. The maximum absolute atomic E-state index is 3.68. The van der Waals surface area contributed by atoms with Crippen LogP contribution in [0.25, 0.3) is 0 Å². The van der Waals surface area contributed by atoms with Gasteiger partial charge in [-0.1, -0.05) is 38.1 Å². The third-order valence-electron chi connectivity index (χ3n) is 5.33. The molecule has 1 aromatic carbocycles. The Hall–Kier alpha value is -0.860. The summed E-state index contributed by atoms with van der Waals surface area (Å²) >= 11 is 0. The van der Waals surface area contributed by atoms with Gasteiger partial charge in [-0.15, -0.1) is 0 Å². The summed E-state index contributed by atoms with van der Waals surface area (Å²) in [6.07, 6.45) is 6.61. The van der Waals surface area contributed by atoms with Gasteiger partial charge in [-0.2, -0.15) is 0 Å². The molecule has 1 aliphatic carbocycles. The van der Waals surface area contributed by atoms with Gasteiger partial charge in [0.15, 0.2) is 0 Å². The van der Waals surface area contributed by atoms with Crippen molar-refractivity contribution in [2.45, 2.75) is 64.0 Å². The maximum Gasteiger partial charge on any atom is 0.0351 e. The topological polar surface area (TPSA) is 15.3 Å². The first-order chi connectivity index (χ1) is 10.3. The molecule has 21 heavy (non-hydrogen) atoms. The van der Waals surface area contributed by atoms with E-state index in [1.54, 1.807) is 11.1 Å². The molecule has 3 rings (SSSR count). The van der Waals surface area contributed by atoms with E-state index in [2.05, 4.69) is 48.3 Å².